The first-order chi connectivity index (χ1) is 9.99. The molecule has 2 rings (SSSR count). The van der Waals surface area contributed by atoms with E-state index in [1.165, 1.54) is 0 Å². The minimum absolute atomic E-state index is 0.182. The number of aliphatic carboxylic acids is 1. The summed E-state index contributed by atoms with van der Waals surface area (Å²) in [5.41, 5.74) is 1.48. The summed E-state index contributed by atoms with van der Waals surface area (Å²) in [5, 5.41) is 12.3. The van der Waals surface area contributed by atoms with Gasteiger partial charge in [0.2, 0.25) is 0 Å². The molecule has 0 saturated heterocycles. The van der Waals surface area contributed by atoms with Crippen LogP contribution in [-0.2, 0) is 4.79 Å². The van der Waals surface area contributed by atoms with Crippen molar-refractivity contribution in [3.63, 3.8) is 0 Å². The Morgan fingerprint density at radius 1 is 1.24 bits per heavy atom. The van der Waals surface area contributed by atoms with E-state index < -0.39 is 11.9 Å². The highest BCUT2D eigenvalue weighted by Crippen LogP contribution is 2.24. The molecule has 0 heterocycles. The summed E-state index contributed by atoms with van der Waals surface area (Å²) in [7, 11) is 0. The van der Waals surface area contributed by atoms with Crippen LogP contribution in [0.3, 0.4) is 0 Å². The predicted molar refractivity (Wildman–Crippen MR) is 84.3 cm³/mol. The van der Waals surface area contributed by atoms with Crippen LogP contribution < -0.4 is 5.32 Å². The molecule has 0 aromatic heterocycles. The van der Waals surface area contributed by atoms with Crippen LogP contribution in [-0.4, -0.2) is 23.0 Å². The van der Waals surface area contributed by atoms with E-state index in [1.807, 2.05) is 19.1 Å². The van der Waals surface area contributed by atoms with Gasteiger partial charge in [-0.05, 0) is 43.5 Å². The highest BCUT2D eigenvalue weighted by molar-refractivity contribution is 9.10. The molecular formula is C16H20BrNO3. The van der Waals surface area contributed by atoms with Gasteiger partial charge in [0.05, 0.1) is 5.92 Å². The molecule has 1 aliphatic carbocycles. The molecule has 0 aliphatic heterocycles. The maximum absolute atomic E-state index is 12.4. The minimum atomic E-state index is -0.810. The number of carbonyl (C=O) groups excluding carboxylic acids is 1. The summed E-state index contributed by atoms with van der Waals surface area (Å²) < 4.78 is 0.925. The third-order valence-corrected chi connectivity index (χ3v) is 4.58. The maximum Gasteiger partial charge on any atom is 0.308 e. The molecule has 2 N–H and O–H groups in total. The fourth-order valence-corrected chi connectivity index (χ4v) is 3.38. The third-order valence-electron chi connectivity index (χ3n) is 4.08. The number of hydrogen-bond acceptors (Lipinski definition) is 2. The van der Waals surface area contributed by atoms with E-state index >= 15 is 0 Å². The molecule has 2 atom stereocenters. The summed E-state index contributed by atoms with van der Waals surface area (Å²) >= 11 is 3.37. The van der Waals surface area contributed by atoms with Crippen molar-refractivity contribution in [2.45, 2.75) is 45.1 Å². The second kappa shape index (κ2) is 7.07. The van der Waals surface area contributed by atoms with Crippen molar-refractivity contribution in [2.75, 3.05) is 0 Å². The molecule has 1 fully saturated rings. The number of amides is 1. The van der Waals surface area contributed by atoms with E-state index in [9.17, 15) is 14.7 Å². The topological polar surface area (TPSA) is 66.4 Å². The summed E-state index contributed by atoms with van der Waals surface area (Å²) in [5.74, 6) is -1.47. The molecule has 0 radical (unpaired) electrons. The van der Waals surface area contributed by atoms with Gasteiger partial charge in [-0.15, -0.1) is 0 Å². The van der Waals surface area contributed by atoms with Gasteiger partial charge >= 0.3 is 5.97 Å². The lowest BCUT2D eigenvalue weighted by Crippen LogP contribution is -2.43. The SMILES string of the molecule is Cc1cc(Br)ccc1C(=O)N[C@H]1CCCCC[C@H]1C(=O)O. The number of carboxylic acids is 1. The Morgan fingerprint density at radius 2 is 1.95 bits per heavy atom. The van der Waals surface area contributed by atoms with Gasteiger partial charge in [0.25, 0.3) is 5.91 Å². The number of rotatable bonds is 3. The lowest BCUT2D eigenvalue weighted by Gasteiger charge is -2.23. The maximum atomic E-state index is 12.4. The largest absolute Gasteiger partial charge is 0.481 e. The van der Waals surface area contributed by atoms with Gasteiger partial charge in [0.15, 0.2) is 0 Å². The zero-order chi connectivity index (χ0) is 15.4. The van der Waals surface area contributed by atoms with Crippen molar-refractivity contribution < 1.29 is 14.7 Å². The van der Waals surface area contributed by atoms with Crippen LogP contribution in [0.2, 0.25) is 0 Å². The van der Waals surface area contributed by atoms with Crippen molar-refractivity contribution in [3.05, 3.63) is 33.8 Å². The molecule has 4 nitrogen and oxygen atoms in total. The number of benzene rings is 1. The quantitative estimate of drug-likeness (QED) is 0.817. The average Bonchev–Trinajstić information content (AvgIpc) is 2.63. The first-order valence-corrected chi connectivity index (χ1v) is 8.08. The van der Waals surface area contributed by atoms with Crippen molar-refractivity contribution in [3.8, 4) is 0 Å². The second-order valence-corrected chi connectivity index (χ2v) is 6.54. The van der Waals surface area contributed by atoms with E-state index in [-0.39, 0.29) is 11.9 Å². The number of carboxylic acid groups (broad SMARTS) is 1. The van der Waals surface area contributed by atoms with Gasteiger partial charge in [-0.25, -0.2) is 0 Å². The predicted octanol–water partition coefficient (Wildman–Crippen LogP) is 3.52. The fourth-order valence-electron chi connectivity index (χ4n) is 2.90. The van der Waals surface area contributed by atoms with Gasteiger partial charge in [-0.2, -0.15) is 0 Å². The average molecular weight is 354 g/mol. The Bertz CT molecular complexity index is 544. The summed E-state index contributed by atoms with van der Waals surface area (Å²) in [6, 6.07) is 5.20. The summed E-state index contributed by atoms with van der Waals surface area (Å²) in [6.45, 7) is 1.88. The Morgan fingerprint density at radius 3 is 2.62 bits per heavy atom. The Labute approximate surface area is 133 Å². The molecule has 1 aromatic rings. The smallest absolute Gasteiger partial charge is 0.308 e. The molecule has 1 aliphatic rings. The minimum Gasteiger partial charge on any atom is -0.481 e. The monoisotopic (exact) mass is 353 g/mol. The number of halogens is 1. The van der Waals surface area contributed by atoms with Crippen LogP contribution in [0.1, 0.15) is 48.0 Å². The fraction of sp³-hybridized carbons (Fsp3) is 0.500. The molecule has 114 valence electrons. The molecule has 1 aromatic carbocycles. The number of aryl methyl sites for hydroxylation is 1. The van der Waals surface area contributed by atoms with Crippen molar-refractivity contribution >= 4 is 27.8 Å². The lowest BCUT2D eigenvalue weighted by atomic mass is 9.94. The molecule has 1 amide bonds. The van der Waals surface area contributed by atoms with E-state index in [0.29, 0.717) is 12.0 Å². The zero-order valence-electron chi connectivity index (χ0n) is 12.1. The van der Waals surface area contributed by atoms with Crippen LogP contribution in [0.5, 0.6) is 0 Å². The van der Waals surface area contributed by atoms with Crippen molar-refractivity contribution in [1.82, 2.24) is 5.32 Å². The standard InChI is InChI=1S/C16H20BrNO3/c1-10-9-11(17)7-8-12(10)15(19)18-14-6-4-2-3-5-13(14)16(20)21/h7-9,13-14H,2-6H2,1H3,(H,18,19)(H,20,21)/t13-,14+/m1/s1. The van der Waals surface area contributed by atoms with Crippen LogP contribution in [0.15, 0.2) is 22.7 Å². The molecule has 0 bridgehead atoms. The van der Waals surface area contributed by atoms with Gasteiger partial charge in [0, 0.05) is 16.1 Å². The van der Waals surface area contributed by atoms with E-state index in [1.54, 1.807) is 6.07 Å². The molecule has 0 spiro atoms. The Balaban J connectivity index is 2.14. The van der Waals surface area contributed by atoms with Crippen LogP contribution in [0.25, 0.3) is 0 Å². The third kappa shape index (κ3) is 4.06. The van der Waals surface area contributed by atoms with Gasteiger partial charge in [-0.1, -0.05) is 35.2 Å². The highest BCUT2D eigenvalue weighted by Gasteiger charge is 2.30. The first kappa shape index (κ1) is 16.0. The van der Waals surface area contributed by atoms with Crippen LogP contribution >= 0.6 is 15.9 Å². The van der Waals surface area contributed by atoms with Crippen LogP contribution in [0.4, 0.5) is 0 Å². The first-order valence-electron chi connectivity index (χ1n) is 7.29. The van der Waals surface area contributed by atoms with Crippen LogP contribution in [0, 0.1) is 12.8 Å². The van der Waals surface area contributed by atoms with Gasteiger partial charge in [0.1, 0.15) is 0 Å². The zero-order valence-corrected chi connectivity index (χ0v) is 13.6. The van der Waals surface area contributed by atoms with E-state index in [2.05, 4.69) is 21.2 Å². The molecular weight excluding hydrogens is 334 g/mol. The molecule has 0 unspecified atom stereocenters. The van der Waals surface area contributed by atoms with Crippen molar-refractivity contribution in [1.29, 1.82) is 0 Å². The number of nitrogens with one attached hydrogen (secondary N) is 1. The molecule has 1 saturated carbocycles. The number of hydrogen-bond donors (Lipinski definition) is 2. The highest BCUT2D eigenvalue weighted by atomic mass is 79.9. The molecule has 21 heavy (non-hydrogen) atoms. The Hall–Kier alpha value is -1.36. The second-order valence-electron chi connectivity index (χ2n) is 5.62. The van der Waals surface area contributed by atoms with Gasteiger partial charge < -0.3 is 10.4 Å². The number of carbonyl (C=O) groups is 2. The Kier molecular flexibility index (Phi) is 5.39. The van der Waals surface area contributed by atoms with E-state index in [4.69, 9.17) is 0 Å². The summed E-state index contributed by atoms with van der Waals surface area (Å²) in [6.07, 6.45) is 4.29. The van der Waals surface area contributed by atoms with Crippen molar-refractivity contribution in [2.24, 2.45) is 5.92 Å². The van der Waals surface area contributed by atoms with Gasteiger partial charge in [-0.3, -0.25) is 9.59 Å². The summed E-state index contributed by atoms with van der Waals surface area (Å²) in [4.78, 5) is 23.8. The molecule has 5 heteroatoms. The lowest BCUT2D eigenvalue weighted by molar-refractivity contribution is -0.142. The van der Waals surface area contributed by atoms with E-state index in [0.717, 1.165) is 35.7 Å². The normalized spacial score (nSPS) is 22.4.